The van der Waals surface area contributed by atoms with Crippen molar-refractivity contribution in [2.45, 2.75) is 16.7 Å². The average molecular weight is 295 g/mol. The molecule has 3 heteroatoms. The number of rotatable bonds is 2. The topological polar surface area (TPSA) is 23.1 Å². The van der Waals surface area contributed by atoms with Gasteiger partial charge in [0, 0.05) is 11.2 Å². The van der Waals surface area contributed by atoms with E-state index < -0.39 is 11.2 Å². The van der Waals surface area contributed by atoms with Gasteiger partial charge in [0.2, 0.25) is 0 Å². The maximum Gasteiger partial charge on any atom is 0.172 e. The van der Waals surface area contributed by atoms with E-state index in [0.29, 0.717) is 0 Å². The zero-order valence-electron chi connectivity index (χ0n) is 8.81. The van der Waals surface area contributed by atoms with Gasteiger partial charge in [-0.25, -0.2) is 0 Å². The van der Waals surface area contributed by atoms with Gasteiger partial charge < -0.3 is 4.55 Å². The molecule has 2 rings (SSSR count). The molecule has 0 aliphatic heterocycles. The lowest BCUT2D eigenvalue weighted by Crippen LogP contribution is -2.02. The molecule has 2 aromatic rings. The molecule has 0 fully saturated rings. The Hall–Kier alpha value is -0.770. The van der Waals surface area contributed by atoms with Crippen molar-refractivity contribution in [2.75, 3.05) is 0 Å². The van der Waals surface area contributed by atoms with E-state index in [-0.39, 0.29) is 0 Å². The first kappa shape index (κ1) is 11.7. The Morgan fingerprint density at radius 2 is 1.62 bits per heavy atom. The summed E-state index contributed by atoms with van der Waals surface area (Å²) in [7, 11) is 0. The van der Waals surface area contributed by atoms with Crippen LogP contribution in [0.5, 0.6) is 0 Å². The van der Waals surface area contributed by atoms with E-state index in [1.807, 2.05) is 55.5 Å². The standard InChI is InChI=1S/C13H11BrOS/c1-10-6-8-11(9-7-10)16(15)13-5-3-2-4-12(13)14/h2-9H,1H3/t16-/m0/s1. The summed E-state index contributed by atoms with van der Waals surface area (Å²) in [6.45, 7) is 2.02. The fraction of sp³-hybridized carbons (Fsp3) is 0.0769. The lowest BCUT2D eigenvalue weighted by atomic mass is 10.2. The van der Waals surface area contributed by atoms with Crippen LogP contribution < -0.4 is 0 Å². The molecule has 0 bridgehead atoms. The van der Waals surface area contributed by atoms with Crippen molar-refractivity contribution >= 4 is 27.1 Å². The molecule has 0 heterocycles. The van der Waals surface area contributed by atoms with Crippen molar-refractivity contribution in [2.24, 2.45) is 0 Å². The summed E-state index contributed by atoms with van der Waals surface area (Å²) in [6.07, 6.45) is 0. The molecule has 0 aromatic heterocycles. The fourth-order valence-electron chi connectivity index (χ4n) is 1.38. The summed E-state index contributed by atoms with van der Waals surface area (Å²) in [4.78, 5) is 1.64. The van der Waals surface area contributed by atoms with E-state index >= 15 is 0 Å². The van der Waals surface area contributed by atoms with Crippen molar-refractivity contribution < 1.29 is 4.55 Å². The van der Waals surface area contributed by atoms with E-state index in [4.69, 9.17) is 0 Å². The van der Waals surface area contributed by atoms with Crippen molar-refractivity contribution in [3.63, 3.8) is 0 Å². The molecular weight excluding hydrogens is 284 g/mol. The second kappa shape index (κ2) is 5.04. The van der Waals surface area contributed by atoms with Crippen LogP contribution in [0.4, 0.5) is 0 Å². The Morgan fingerprint density at radius 1 is 1.00 bits per heavy atom. The van der Waals surface area contributed by atoms with Crippen LogP contribution in [0, 0.1) is 6.92 Å². The molecule has 82 valence electrons. The monoisotopic (exact) mass is 294 g/mol. The number of hydrogen-bond acceptors (Lipinski definition) is 1. The smallest absolute Gasteiger partial charge is 0.172 e. The summed E-state index contributed by atoms with van der Waals surface area (Å²) in [5.41, 5.74) is 1.17. The van der Waals surface area contributed by atoms with Crippen LogP contribution in [0.25, 0.3) is 0 Å². The minimum Gasteiger partial charge on any atom is -0.606 e. The molecule has 0 aliphatic rings. The highest BCUT2D eigenvalue weighted by molar-refractivity contribution is 9.10. The zero-order valence-corrected chi connectivity index (χ0v) is 11.2. The first-order valence-electron chi connectivity index (χ1n) is 4.91. The van der Waals surface area contributed by atoms with Crippen LogP contribution in [-0.2, 0) is 11.2 Å². The van der Waals surface area contributed by atoms with Crippen molar-refractivity contribution in [1.29, 1.82) is 0 Å². The number of halogens is 1. The highest BCUT2D eigenvalue weighted by Gasteiger charge is 2.16. The molecule has 0 N–H and O–H groups in total. The van der Waals surface area contributed by atoms with E-state index in [0.717, 1.165) is 14.3 Å². The second-order valence-corrected chi connectivity index (χ2v) is 5.82. The van der Waals surface area contributed by atoms with Gasteiger partial charge in [-0.05, 0) is 47.1 Å². The Bertz CT molecular complexity index is 482. The lowest BCUT2D eigenvalue weighted by molar-refractivity contribution is 0.594. The minimum absolute atomic E-state index is 0.811. The van der Waals surface area contributed by atoms with E-state index in [2.05, 4.69) is 15.9 Å². The molecule has 0 aliphatic carbocycles. The van der Waals surface area contributed by atoms with E-state index in [1.165, 1.54) is 5.56 Å². The van der Waals surface area contributed by atoms with Gasteiger partial charge in [-0.2, -0.15) is 0 Å². The van der Waals surface area contributed by atoms with Gasteiger partial charge in [-0.1, -0.05) is 29.8 Å². The number of hydrogen-bond donors (Lipinski definition) is 0. The van der Waals surface area contributed by atoms with Gasteiger partial charge in [0.1, 0.15) is 0 Å². The molecule has 0 saturated heterocycles. The van der Waals surface area contributed by atoms with Gasteiger partial charge >= 0.3 is 0 Å². The van der Waals surface area contributed by atoms with Gasteiger partial charge in [0.15, 0.2) is 9.79 Å². The Kier molecular flexibility index (Phi) is 3.69. The zero-order chi connectivity index (χ0) is 11.5. The van der Waals surface area contributed by atoms with Gasteiger partial charge in [-0.3, -0.25) is 0 Å². The van der Waals surface area contributed by atoms with Crippen molar-refractivity contribution in [1.82, 2.24) is 0 Å². The molecule has 16 heavy (non-hydrogen) atoms. The third kappa shape index (κ3) is 2.48. The highest BCUT2D eigenvalue weighted by atomic mass is 79.9. The summed E-state index contributed by atoms with van der Waals surface area (Å²) >= 11 is 2.30. The molecule has 1 nitrogen and oxygen atoms in total. The Morgan fingerprint density at radius 3 is 2.25 bits per heavy atom. The van der Waals surface area contributed by atoms with E-state index in [9.17, 15) is 4.55 Å². The number of benzene rings is 2. The predicted molar refractivity (Wildman–Crippen MR) is 70.0 cm³/mol. The normalized spacial score (nSPS) is 12.4. The summed E-state index contributed by atoms with van der Waals surface area (Å²) < 4.78 is 13.1. The van der Waals surface area contributed by atoms with Crippen LogP contribution in [0.15, 0.2) is 62.8 Å². The second-order valence-electron chi connectivity index (χ2n) is 3.51. The van der Waals surface area contributed by atoms with Crippen molar-refractivity contribution in [3.05, 3.63) is 58.6 Å². The Balaban J connectivity index is 2.35. The molecule has 0 spiro atoms. The predicted octanol–water partition coefficient (Wildman–Crippen LogP) is 3.92. The minimum atomic E-state index is -1.11. The molecule has 0 amide bonds. The summed E-state index contributed by atoms with van der Waals surface area (Å²) in [5, 5.41) is 0. The molecular formula is C13H11BrOS. The summed E-state index contributed by atoms with van der Waals surface area (Å²) in [6, 6.07) is 15.4. The van der Waals surface area contributed by atoms with Gasteiger partial charge in [0.25, 0.3) is 0 Å². The van der Waals surface area contributed by atoms with Crippen molar-refractivity contribution in [3.8, 4) is 0 Å². The lowest BCUT2D eigenvalue weighted by Gasteiger charge is -2.11. The highest BCUT2D eigenvalue weighted by Crippen LogP contribution is 2.27. The van der Waals surface area contributed by atoms with Crippen LogP contribution in [-0.4, -0.2) is 4.55 Å². The summed E-state index contributed by atoms with van der Waals surface area (Å²) in [5.74, 6) is 0. The largest absolute Gasteiger partial charge is 0.606 e. The molecule has 1 atom stereocenters. The molecule has 0 radical (unpaired) electrons. The maximum atomic E-state index is 12.3. The SMILES string of the molecule is Cc1ccc([S@+]([O-])c2ccccc2Br)cc1. The van der Waals surface area contributed by atoms with Crippen LogP contribution in [0.3, 0.4) is 0 Å². The third-order valence-electron chi connectivity index (χ3n) is 2.27. The molecule has 0 unspecified atom stereocenters. The van der Waals surface area contributed by atoms with Crippen LogP contribution in [0.1, 0.15) is 5.56 Å². The van der Waals surface area contributed by atoms with Gasteiger partial charge in [0.05, 0.1) is 4.47 Å². The van der Waals surface area contributed by atoms with Crippen LogP contribution in [0.2, 0.25) is 0 Å². The average Bonchev–Trinajstić information content (AvgIpc) is 2.30. The molecule has 2 aromatic carbocycles. The Labute approximate surface area is 107 Å². The fourth-order valence-corrected chi connectivity index (χ4v) is 3.19. The maximum absolute atomic E-state index is 12.3. The van der Waals surface area contributed by atoms with E-state index in [1.54, 1.807) is 0 Å². The first-order chi connectivity index (χ1) is 7.68. The quantitative estimate of drug-likeness (QED) is 0.770. The molecule has 0 saturated carbocycles. The van der Waals surface area contributed by atoms with Crippen LogP contribution >= 0.6 is 15.9 Å². The first-order valence-corrected chi connectivity index (χ1v) is 6.86. The third-order valence-corrected chi connectivity index (χ3v) is 4.68. The number of aryl methyl sites for hydroxylation is 1. The van der Waals surface area contributed by atoms with Gasteiger partial charge in [-0.15, -0.1) is 0 Å².